The highest BCUT2D eigenvalue weighted by atomic mass is 16.1. The van der Waals surface area contributed by atoms with Crippen LogP contribution in [0.15, 0.2) is 92.6 Å². The van der Waals surface area contributed by atoms with E-state index in [-0.39, 0.29) is 0 Å². The summed E-state index contributed by atoms with van der Waals surface area (Å²) in [4.78, 5) is 11.6. The summed E-state index contributed by atoms with van der Waals surface area (Å²) in [6.07, 6.45) is 16.6. The highest BCUT2D eigenvalue weighted by Gasteiger charge is 2.07. The molecule has 0 atom stereocenters. The molecule has 1 heteroatoms. The molecule has 146 valence electrons. The van der Waals surface area contributed by atoms with E-state index < -0.39 is 0 Å². The Morgan fingerprint density at radius 3 is 1.62 bits per heavy atom. The number of hydrogen-bond acceptors (Lipinski definition) is 1. The lowest BCUT2D eigenvalue weighted by atomic mass is 9.94. The fourth-order valence-corrected chi connectivity index (χ4v) is 3.33. The molecule has 0 amide bonds. The summed E-state index contributed by atoms with van der Waals surface area (Å²) < 4.78 is 0. The van der Waals surface area contributed by atoms with Crippen LogP contribution < -0.4 is 0 Å². The Hall–Kier alpha value is -3.19. The van der Waals surface area contributed by atoms with Gasteiger partial charge in [-0.15, -0.1) is 26.3 Å². The highest BCUT2D eigenvalue weighted by molar-refractivity contribution is 5.86. The summed E-state index contributed by atoms with van der Waals surface area (Å²) in [7, 11) is 0. The van der Waals surface area contributed by atoms with Crippen molar-refractivity contribution in [3.63, 3.8) is 0 Å². The highest BCUT2D eigenvalue weighted by Crippen LogP contribution is 2.21. The fourth-order valence-electron chi connectivity index (χ4n) is 3.33. The molecule has 0 aliphatic heterocycles. The molecule has 0 bridgehead atoms. The molecule has 0 fully saturated rings. The van der Waals surface area contributed by atoms with Gasteiger partial charge in [0, 0.05) is 12.0 Å². The average Bonchev–Trinajstić information content (AvgIpc) is 2.72. The molecule has 2 rings (SSSR count). The van der Waals surface area contributed by atoms with Crippen LogP contribution in [0.5, 0.6) is 0 Å². The molecular formula is C28H28O. The van der Waals surface area contributed by atoms with Crippen molar-refractivity contribution in [2.45, 2.75) is 25.7 Å². The van der Waals surface area contributed by atoms with Gasteiger partial charge in [0.25, 0.3) is 0 Å². The molecule has 2 radical (unpaired) electrons. The normalized spacial score (nSPS) is 11.0. The lowest BCUT2D eigenvalue weighted by molar-refractivity contribution is 0.562. The number of allylic oxidation sites excluding steroid dienone is 5. The van der Waals surface area contributed by atoms with Gasteiger partial charge in [0.05, 0.1) is 0 Å². The molecule has 2 aromatic carbocycles. The van der Waals surface area contributed by atoms with Crippen LogP contribution in [0.1, 0.15) is 33.4 Å². The summed E-state index contributed by atoms with van der Waals surface area (Å²) in [6.45, 7) is 15.3. The van der Waals surface area contributed by atoms with E-state index in [2.05, 4.69) is 56.9 Å². The second kappa shape index (κ2) is 11.6. The Morgan fingerprint density at radius 2 is 1.14 bits per heavy atom. The van der Waals surface area contributed by atoms with E-state index in [0.717, 1.165) is 36.8 Å². The second-order valence-electron chi connectivity index (χ2n) is 6.87. The minimum atomic E-state index is 0.507. The second-order valence-corrected chi connectivity index (χ2v) is 6.87. The quantitative estimate of drug-likeness (QED) is 0.310. The minimum Gasteiger partial charge on any atom is -0.285 e. The van der Waals surface area contributed by atoms with Crippen LogP contribution in [-0.2, 0) is 30.5 Å². The van der Waals surface area contributed by atoms with Crippen molar-refractivity contribution in [3.8, 4) is 0 Å². The van der Waals surface area contributed by atoms with Crippen molar-refractivity contribution in [1.29, 1.82) is 0 Å². The van der Waals surface area contributed by atoms with Crippen molar-refractivity contribution < 1.29 is 4.79 Å². The summed E-state index contributed by atoms with van der Waals surface area (Å²) in [6, 6.07) is 12.4. The lowest BCUT2D eigenvalue weighted by Gasteiger charge is -2.10. The minimum absolute atomic E-state index is 0.507. The Labute approximate surface area is 175 Å². The van der Waals surface area contributed by atoms with E-state index >= 15 is 0 Å². The van der Waals surface area contributed by atoms with Gasteiger partial charge in [-0.25, -0.2) is 0 Å². The lowest BCUT2D eigenvalue weighted by Crippen LogP contribution is -1.97. The van der Waals surface area contributed by atoms with Crippen LogP contribution in [0.2, 0.25) is 0 Å². The zero-order valence-electron chi connectivity index (χ0n) is 17.0. The molecule has 2 aromatic rings. The summed E-state index contributed by atoms with van der Waals surface area (Å²) in [5.74, 6) is 0. The molecule has 1 nitrogen and oxygen atoms in total. The van der Waals surface area contributed by atoms with E-state index in [0.29, 0.717) is 5.57 Å². The monoisotopic (exact) mass is 380 g/mol. The third-order valence-corrected chi connectivity index (χ3v) is 4.68. The van der Waals surface area contributed by atoms with Gasteiger partial charge in [-0.2, -0.15) is 0 Å². The predicted molar refractivity (Wildman–Crippen MR) is 126 cm³/mol. The first-order valence-electron chi connectivity index (χ1n) is 9.77. The van der Waals surface area contributed by atoms with E-state index in [1.54, 1.807) is 0 Å². The Bertz CT molecular complexity index is 927. The molecule has 0 saturated carbocycles. The van der Waals surface area contributed by atoms with E-state index in [1.165, 1.54) is 22.3 Å². The van der Waals surface area contributed by atoms with Crippen molar-refractivity contribution >= 4 is 12.4 Å². The molecule has 0 aliphatic carbocycles. The van der Waals surface area contributed by atoms with Crippen LogP contribution in [0.25, 0.3) is 6.08 Å². The van der Waals surface area contributed by atoms with Crippen LogP contribution >= 0.6 is 0 Å². The fraction of sp³-hybridized carbons (Fsp3) is 0.143. The first-order valence-corrected chi connectivity index (χ1v) is 9.77. The topological polar surface area (TPSA) is 17.1 Å². The van der Waals surface area contributed by atoms with Gasteiger partial charge in [0.2, 0.25) is 6.29 Å². The Morgan fingerprint density at radius 1 is 0.690 bits per heavy atom. The van der Waals surface area contributed by atoms with Crippen LogP contribution in [0.4, 0.5) is 0 Å². The van der Waals surface area contributed by atoms with Crippen molar-refractivity contribution in [2.24, 2.45) is 0 Å². The molecule has 0 heterocycles. The molecule has 0 N–H and O–H groups in total. The van der Waals surface area contributed by atoms with Crippen LogP contribution in [0, 0.1) is 6.42 Å². The van der Waals surface area contributed by atoms with Crippen molar-refractivity contribution in [2.75, 3.05) is 0 Å². The van der Waals surface area contributed by atoms with E-state index in [9.17, 15) is 4.79 Å². The molecule has 0 aliphatic rings. The maximum atomic E-state index is 11.6. The molecule has 0 saturated heterocycles. The van der Waals surface area contributed by atoms with Gasteiger partial charge in [-0.1, -0.05) is 60.7 Å². The van der Waals surface area contributed by atoms with Crippen molar-refractivity contribution in [1.82, 2.24) is 0 Å². The summed E-state index contributed by atoms with van der Waals surface area (Å²) in [5.41, 5.74) is 7.29. The first kappa shape index (κ1) is 22.1. The molecule has 0 aromatic heterocycles. The summed E-state index contributed by atoms with van der Waals surface area (Å²) in [5, 5.41) is 0. The zero-order chi connectivity index (χ0) is 21.1. The zero-order valence-corrected chi connectivity index (χ0v) is 17.0. The predicted octanol–water partition coefficient (Wildman–Crippen LogP) is 6.35. The number of hydrogen-bond donors (Lipinski definition) is 0. The molecule has 0 spiro atoms. The van der Waals surface area contributed by atoms with Gasteiger partial charge in [0.15, 0.2) is 0 Å². The Balaban J connectivity index is 2.31. The van der Waals surface area contributed by atoms with Crippen LogP contribution in [0.3, 0.4) is 0 Å². The van der Waals surface area contributed by atoms with E-state index in [4.69, 9.17) is 0 Å². The van der Waals surface area contributed by atoms with Crippen LogP contribution in [-0.4, -0.2) is 6.29 Å². The SMILES string of the molecule is C=CCc1ccc([CH]C([C]=O)=Cc2ccc(CC=C)c(CC=C)c2)cc1CC=C. The average molecular weight is 381 g/mol. The molecular weight excluding hydrogens is 352 g/mol. The third kappa shape index (κ3) is 6.43. The standard InChI is InChI=1S/C28H28O/c1-5-9-25-15-13-22(19-27(25)11-7-3)17-24(21-29)18-23-14-16-26(10-6-2)28(20-23)12-8-4/h5-8,13-20H,1-4,9-12H2. The first-order chi connectivity index (χ1) is 14.1. The Kier molecular flexibility index (Phi) is 8.85. The van der Waals surface area contributed by atoms with Gasteiger partial charge in [0.1, 0.15) is 0 Å². The number of rotatable bonds is 12. The largest absolute Gasteiger partial charge is 0.285 e. The number of carbonyl (C=O) groups excluding carboxylic acids is 1. The number of benzene rings is 2. The van der Waals surface area contributed by atoms with Crippen molar-refractivity contribution in [3.05, 3.63) is 132 Å². The van der Waals surface area contributed by atoms with Gasteiger partial charge in [-0.05, 0) is 65.1 Å². The van der Waals surface area contributed by atoms with Gasteiger partial charge < -0.3 is 0 Å². The molecule has 29 heavy (non-hydrogen) atoms. The van der Waals surface area contributed by atoms with E-state index in [1.807, 2.05) is 48.9 Å². The van der Waals surface area contributed by atoms with Gasteiger partial charge in [-0.3, -0.25) is 4.79 Å². The molecule has 0 unspecified atom stereocenters. The maximum absolute atomic E-state index is 11.6. The smallest absolute Gasteiger partial charge is 0.229 e. The summed E-state index contributed by atoms with van der Waals surface area (Å²) >= 11 is 0. The van der Waals surface area contributed by atoms with Gasteiger partial charge >= 0.3 is 0 Å². The maximum Gasteiger partial charge on any atom is 0.229 e. The third-order valence-electron chi connectivity index (χ3n) is 4.68.